The van der Waals surface area contributed by atoms with Crippen molar-refractivity contribution in [3.05, 3.63) is 40.5 Å². The van der Waals surface area contributed by atoms with E-state index in [0.29, 0.717) is 19.4 Å². The van der Waals surface area contributed by atoms with Gasteiger partial charge in [0.1, 0.15) is 11.6 Å². The van der Waals surface area contributed by atoms with Gasteiger partial charge in [0.05, 0.1) is 22.5 Å². The molecule has 5 nitrogen and oxygen atoms in total. The summed E-state index contributed by atoms with van der Waals surface area (Å²) < 4.78 is 39.5. The van der Waals surface area contributed by atoms with E-state index in [2.05, 4.69) is 5.10 Å². The van der Waals surface area contributed by atoms with Gasteiger partial charge in [-0.2, -0.15) is 23.5 Å². The van der Waals surface area contributed by atoms with Crippen molar-refractivity contribution in [2.75, 3.05) is 11.4 Å². The van der Waals surface area contributed by atoms with E-state index in [1.807, 2.05) is 6.07 Å². The summed E-state index contributed by atoms with van der Waals surface area (Å²) in [4.78, 5) is 13.4. The van der Waals surface area contributed by atoms with Crippen molar-refractivity contribution < 1.29 is 18.0 Å². The average Bonchev–Trinajstić information content (AvgIpc) is 3.11. The van der Waals surface area contributed by atoms with Gasteiger partial charge >= 0.3 is 6.18 Å². The summed E-state index contributed by atoms with van der Waals surface area (Å²) in [6.45, 7) is 0.414. The molecule has 0 bridgehead atoms. The van der Waals surface area contributed by atoms with Crippen LogP contribution in [0.3, 0.4) is 0 Å². The van der Waals surface area contributed by atoms with Crippen LogP contribution in [0.25, 0.3) is 5.69 Å². The Morgan fingerprint density at radius 1 is 1.33 bits per heavy atom. The van der Waals surface area contributed by atoms with Crippen molar-refractivity contribution >= 4 is 23.3 Å². The van der Waals surface area contributed by atoms with Crippen LogP contribution in [0.5, 0.6) is 0 Å². The lowest BCUT2D eigenvalue weighted by Gasteiger charge is -2.19. The maximum absolute atomic E-state index is 12.8. The third kappa shape index (κ3) is 2.71. The summed E-state index contributed by atoms with van der Waals surface area (Å²) in [6.07, 6.45) is -2.28. The molecule has 2 aromatic rings. The molecule has 0 spiro atoms. The van der Waals surface area contributed by atoms with Crippen LogP contribution in [0.2, 0.25) is 5.02 Å². The van der Waals surface area contributed by atoms with E-state index in [4.69, 9.17) is 11.6 Å². The van der Waals surface area contributed by atoms with Gasteiger partial charge in [0.15, 0.2) is 5.82 Å². The molecule has 1 aliphatic heterocycles. The molecular formula is C15H10ClF3N4O. The molecule has 0 atom stereocenters. The van der Waals surface area contributed by atoms with Gasteiger partial charge in [-0.1, -0.05) is 11.6 Å². The van der Waals surface area contributed by atoms with Crippen LogP contribution in [0.1, 0.15) is 24.0 Å². The van der Waals surface area contributed by atoms with Gasteiger partial charge in [-0.05, 0) is 24.6 Å². The maximum Gasteiger partial charge on any atom is 0.416 e. The largest absolute Gasteiger partial charge is 0.416 e. The molecular weight excluding hydrogens is 345 g/mol. The molecule has 1 aliphatic rings. The first kappa shape index (κ1) is 16.3. The number of hydrogen-bond acceptors (Lipinski definition) is 3. The summed E-state index contributed by atoms with van der Waals surface area (Å²) in [7, 11) is 0. The molecule has 1 amide bonds. The molecule has 1 saturated heterocycles. The summed E-state index contributed by atoms with van der Waals surface area (Å²) in [5, 5.41) is 13.1. The van der Waals surface area contributed by atoms with Crippen LogP contribution >= 0.6 is 11.6 Å². The van der Waals surface area contributed by atoms with Gasteiger partial charge < -0.3 is 0 Å². The zero-order chi connectivity index (χ0) is 17.5. The number of nitriles is 1. The van der Waals surface area contributed by atoms with Crippen molar-refractivity contribution in [2.45, 2.75) is 19.0 Å². The Bertz CT molecular complexity index is 853. The molecule has 0 radical (unpaired) electrons. The molecule has 124 valence electrons. The van der Waals surface area contributed by atoms with E-state index in [9.17, 15) is 23.2 Å². The smallest absolute Gasteiger partial charge is 0.296 e. The summed E-state index contributed by atoms with van der Waals surface area (Å²) in [5.74, 6) is 0.0537. The number of benzene rings is 1. The Kier molecular flexibility index (Phi) is 3.97. The normalized spacial score (nSPS) is 15.0. The predicted molar refractivity (Wildman–Crippen MR) is 79.9 cm³/mol. The van der Waals surface area contributed by atoms with Crippen LogP contribution < -0.4 is 4.90 Å². The number of aromatic nitrogens is 2. The molecule has 0 N–H and O–H groups in total. The van der Waals surface area contributed by atoms with E-state index in [-0.39, 0.29) is 28.0 Å². The SMILES string of the molecule is N#Cc1cnn(-c2ccc(C(F)(F)F)cc2Cl)c1N1CCCC1=O. The fraction of sp³-hybridized carbons (Fsp3) is 0.267. The standard InChI is InChI=1S/C15H10ClF3N4O/c16-11-6-10(15(17,18)19)3-4-12(11)23-14(9(7-20)8-21-23)22-5-1-2-13(22)24/h3-4,6,8H,1-2,5H2. The van der Waals surface area contributed by atoms with Crippen LogP contribution in [-0.2, 0) is 11.0 Å². The van der Waals surface area contributed by atoms with Gasteiger partial charge in [0.2, 0.25) is 5.91 Å². The second-order valence-electron chi connectivity index (χ2n) is 5.22. The zero-order valence-electron chi connectivity index (χ0n) is 12.1. The maximum atomic E-state index is 12.8. The number of nitrogens with zero attached hydrogens (tertiary/aromatic N) is 4. The lowest BCUT2D eigenvalue weighted by atomic mass is 10.2. The molecule has 0 unspecified atom stereocenters. The molecule has 24 heavy (non-hydrogen) atoms. The van der Waals surface area contributed by atoms with Crippen LogP contribution in [0, 0.1) is 11.3 Å². The fourth-order valence-electron chi connectivity index (χ4n) is 2.58. The van der Waals surface area contributed by atoms with Crippen molar-refractivity contribution in [3.63, 3.8) is 0 Å². The van der Waals surface area contributed by atoms with Crippen molar-refractivity contribution in [3.8, 4) is 11.8 Å². The third-order valence-corrected chi connectivity index (χ3v) is 4.00. The first-order valence-corrected chi connectivity index (χ1v) is 7.36. The molecule has 3 rings (SSSR count). The number of anilines is 1. The number of amides is 1. The molecule has 2 heterocycles. The van der Waals surface area contributed by atoms with Gasteiger partial charge in [0, 0.05) is 13.0 Å². The molecule has 1 fully saturated rings. The van der Waals surface area contributed by atoms with E-state index in [1.165, 1.54) is 21.8 Å². The van der Waals surface area contributed by atoms with Crippen LogP contribution in [0.15, 0.2) is 24.4 Å². The van der Waals surface area contributed by atoms with Gasteiger partial charge in [-0.15, -0.1) is 0 Å². The molecule has 9 heteroatoms. The molecule has 1 aromatic carbocycles. The Morgan fingerprint density at radius 3 is 2.62 bits per heavy atom. The Hall–Kier alpha value is -2.53. The van der Waals surface area contributed by atoms with Crippen LogP contribution in [0.4, 0.5) is 19.0 Å². The molecule has 0 saturated carbocycles. The summed E-state index contributed by atoms with van der Waals surface area (Å²) in [5.41, 5.74) is -0.565. The quantitative estimate of drug-likeness (QED) is 0.828. The number of carbonyl (C=O) groups is 1. The number of alkyl halides is 3. The van der Waals surface area contributed by atoms with Gasteiger partial charge in [0.25, 0.3) is 0 Å². The highest BCUT2D eigenvalue weighted by Crippen LogP contribution is 2.35. The number of rotatable bonds is 2. The monoisotopic (exact) mass is 354 g/mol. The van der Waals surface area contributed by atoms with Crippen LogP contribution in [-0.4, -0.2) is 22.2 Å². The van der Waals surface area contributed by atoms with E-state index in [1.54, 1.807) is 0 Å². The van der Waals surface area contributed by atoms with E-state index >= 15 is 0 Å². The minimum atomic E-state index is -4.52. The lowest BCUT2D eigenvalue weighted by molar-refractivity contribution is -0.137. The first-order valence-electron chi connectivity index (χ1n) is 6.98. The van der Waals surface area contributed by atoms with Crippen molar-refractivity contribution in [2.24, 2.45) is 0 Å². The van der Waals surface area contributed by atoms with E-state index in [0.717, 1.165) is 12.1 Å². The van der Waals surface area contributed by atoms with Gasteiger partial charge in [-0.25, -0.2) is 4.68 Å². The van der Waals surface area contributed by atoms with Gasteiger partial charge in [-0.3, -0.25) is 9.69 Å². The topological polar surface area (TPSA) is 61.9 Å². The Morgan fingerprint density at radius 2 is 2.08 bits per heavy atom. The summed E-state index contributed by atoms with van der Waals surface area (Å²) in [6, 6.07) is 4.78. The highest BCUT2D eigenvalue weighted by atomic mass is 35.5. The predicted octanol–water partition coefficient (Wildman–Crippen LogP) is 3.54. The number of halogens is 4. The summed E-state index contributed by atoms with van der Waals surface area (Å²) >= 11 is 5.99. The molecule has 1 aromatic heterocycles. The lowest BCUT2D eigenvalue weighted by Crippen LogP contribution is -2.27. The minimum absolute atomic E-state index is 0.154. The highest BCUT2D eigenvalue weighted by molar-refractivity contribution is 6.32. The number of hydrogen-bond donors (Lipinski definition) is 0. The Labute approximate surface area is 139 Å². The minimum Gasteiger partial charge on any atom is -0.296 e. The number of carbonyl (C=O) groups excluding carboxylic acids is 1. The average molecular weight is 355 g/mol. The highest BCUT2D eigenvalue weighted by Gasteiger charge is 2.32. The first-order chi connectivity index (χ1) is 11.3. The van der Waals surface area contributed by atoms with E-state index < -0.39 is 11.7 Å². The van der Waals surface area contributed by atoms with Crippen molar-refractivity contribution in [1.82, 2.24) is 9.78 Å². The molecule has 0 aliphatic carbocycles. The van der Waals surface area contributed by atoms with Crippen molar-refractivity contribution in [1.29, 1.82) is 5.26 Å². The fourth-order valence-corrected chi connectivity index (χ4v) is 2.84. The zero-order valence-corrected chi connectivity index (χ0v) is 12.9. The second-order valence-corrected chi connectivity index (χ2v) is 5.63. The Balaban J connectivity index is 2.13. The second kappa shape index (κ2) is 5.83. The third-order valence-electron chi connectivity index (χ3n) is 3.70.